The fraction of sp³-hybridized carbons (Fsp3) is 0.129. The summed E-state index contributed by atoms with van der Waals surface area (Å²) >= 11 is 0. The number of carbonyl (C=O) groups is 2. The highest BCUT2D eigenvalue weighted by Gasteiger charge is 2.29. The molecule has 0 bridgehead atoms. The van der Waals surface area contributed by atoms with Crippen LogP contribution in [0, 0.1) is 5.82 Å². The molecule has 0 saturated carbocycles. The fourth-order valence-corrected chi connectivity index (χ4v) is 4.44. The number of carbonyl (C=O) groups excluding carboxylic acids is 2. The maximum Gasteiger partial charge on any atom is 0.258 e. The van der Waals surface area contributed by atoms with Crippen molar-refractivity contribution in [2.24, 2.45) is 0 Å². The average Bonchev–Trinajstić information content (AvgIpc) is 3.27. The van der Waals surface area contributed by atoms with Crippen LogP contribution in [0.5, 0.6) is 0 Å². The number of likely N-dealkylation sites (N-methyl/N-ethyl adjacent to an activating group) is 1. The van der Waals surface area contributed by atoms with E-state index in [0.717, 1.165) is 16.9 Å². The molecule has 0 atom stereocenters. The minimum absolute atomic E-state index is 0.112. The third-order valence-corrected chi connectivity index (χ3v) is 6.43. The zero-order chi connectivity index (χ0) is 27.4. The van der Waals surface area contributed by atoms with E-state index >= 15 is 0 Å². The summed E-state index contributed by atoms with van der Waals surface area (Å²) in [6.45, 7) is 1.20. The quantitative estimate of drug-likeness (QED) is 0.305. The van der Waals surface area contributed by atoms with Gasteiger partial charge in [0.05, 0.1) is 17.0 Å². The van der Waals surface area contributed by atoms with Crippen LogP contribution in [-0.4, -0.2) is 48.9 Å². The number of benzene rings is 3. The van der Waals surface area contributed by atoms with Crippen LogP contribution in [0.1, 0.15) is 21.5 Å². The molecule has 8 heteroatoms. The van der Waals surface area contributed by atoms with Crippen LogP contribution in [0.3, 0.4) is 0 Å². The maximum atomic E-state index is 13.8. The van der Waals surface area contributed by atoms with Gasteiger partial charge < -0.3 is 20.4 Å². The Morgan fingerprint density at radius 1 is 0.897 bits per heavy atom. The first-order valence-electron chi connectivity index (χ1n) is 12.6. The lowest BCUT2D eigenvalue weighted by molar-refractivity contribution is -0.110. The molecule has 2 heterocycles. The zero-order valence-corrected chi connectivity index (χ0v) is 21.7. The first kappa shape index (κ1) is 25.8. The van der Waals surface area contributed by atoms with Crippen molar-refractivity contribution in [1.29, 1.82) is 0 Å². The first-order chi connectivity index (χ1) is 18.9. The van der Waals surface area contributed by atoms with Crippen LogP contribution in [0.2, 0.25) is 0 Å². The van der Waals surface area contributed by atoms with E-state index in [4.69, 9.17) is 0 Å². The van der Waals surface area contributed by atoms with Gasteiger partial charge in [0.25, 0.3) is 11.8 Å². The third-order valence-electron chi connectivity index (χ3n) is 6.43. The van der Waals surface area contributed by atoms with Gasteiger partial charge in [0.2, 0.25) is 0 Å². The fourth-order valence-electron chi connectivity index (χ4n) is 4.44. The molecule has 0 saturated heterocycles. The van der Waals surface area contributed by atoms with Gasteiger partial charge in [-0.2, -0.15) is 0 Å². The second kappa shape index (κ2) is 11.3. The summed E-state index contributed by atoms with van der Waals surface area (Å²) in [7, 11) is 3.93. The Labute approximate surface area is 226 Å². The van der Waals surface area contributed by atoms with Gasteiger partial charge in [-0.1, -0.05) is 30.3 Å². The van der Waals surface area contributed by atoms with Gasteiger partial charge in [0.1, 0.15) is 5.82 Å². The number of amides is 2. The van der Waals surface area contributed by atoms with Crippen molar-refractivity contribution in [2.75, 3.05) is 42.7 Å². The molecule has 1 aromatic heterocycles. The normalized spacial score (nSPS) is 13.6. The Morgan fingerprint density at radius 3 is 2.31 bits per heavy atom. The van der Waals surface area contributed by atoms with Crippen molar-refractivity contribution in [2.45, 2.75) is 0 Å². The molecular formula is C31H28FN5O2. The van der Waals surface area contributed by atoms with Crippen molar-refractivity contribution in [3.63, 3.8) is 0 Å². The highest BCUT2D eigenvalue weighted by molar-refractivity contribution is 6.37. The van der Waals surface area contributed by atoms with E-state index in [1.807, 2.05) is 73.6 Å². The summed E-state index contributed by atoms with van der Waals surface area (Å²) in [4.78, 5) is 34.2. The number of nitrogens with zero attached hydrogens (tertiary/aromatic N) is 3. The lowest BCUT2D eigenvalue weighted by Crippen LogP contribution is -2.36. The second-order valence-corrected chi connectivity index (χ2v) is 9.43. The summed E-state index contributed by atoms with van der Waals surface area (Å²) in [5.41, 5.74) is 4.95. The van der Waals surface area contributed by atoms with Crippen LogP contribution < -0.4 is 15.5 Å². The number of halogens is 1. The highest BCUT2D eigenvalue weighted by Crippen LogP contribution is 2.38. The summed E-state index contributed by atoms with van der Waals surface area (Å²) in [5, 5.41) is 6.18. The van der Waals surface area contributed by atoms with Crippen molar-refractivity contribution < 1.29 is 14.0 Å². The van der Waals surface area contributed by atoms with E-state index in [0.29, 0.717) is 41.2 Å². The lowest BCUT2D eigenvalue weighted by atomic mass is 10.00. The number of nitrogens with one attached hydrogen (secondary N) is 2. The van der Waals surface area contributed by atoms with Crippen LogP contribution >= 0.6 is 0 Å². The second-order valence-electron chi connectivity index (χ2n) is 9.43. The van der Waals surface area contributed by atoms with Crippen molar-refractivity contribution >= 4 is 40.1 Å². The Morgan fingerprint density at radius 2 is 1.62 bits per heavy atom. The van der Waals surface area contributed by atoms with Crippen LogP contribution in [0.25, 0.3) is 11.3 Å². The molecule has 0 spiro atoms. The molecule has 196 valence electrons. The smallest absolute Gasteiger partial charge is 0.258 e. The van der Waals surface area contributed by atoms with E-state index < -0.39 is 5.82 Å². The molecule has 4 aromatic rings. The predicted octanol–water partition coefficient (Wildman–Crippen LogP) is 5.36. The topological polar surface area (TPSA) is 77.6 Å². The third kappa shape index (κ3) is 5.71. The van der Waals surface area contributed by atoms with Gasteiger partial charge in [-0.25, -0.2) is 4.39 Å². The summed E-state index contributed by atoms with van der Waals surface area (Å²) in [6.07, 6.45) is 3.21. The molecule has 3 aromatic carbocycles. The molecule has 2 amide bonds. The minimum Gasteiger partial charge on any atom is -0.354 e. The predicted molar refractivity (Wildman–Crippen MR) is 153 cm³/mol. The van der Waals surface area contributed by atoms with Crippen LogP contribution in [0.15, 0.2) is 97.3 Å². The standard InChI is InChI=1S/C31H28FN5O2/c1-36(2)18-19-37(31(39)22-14-16-33-17-15-22)25-11-9-24(10-12-25)34-29(21-6-4-3-5-7-21)28-26-13-8-23(32)20-27(26)35-30(28)38/h3-17,20,34H,18-19H2,1-2H3,(H,35,38)/b29-28-. The average molecular weight is 522 g/mol. The number of fused-ring (bicyclic) bond motifs is 1. The van der Waals surface area contributed by atoms with Gasteiger partial charge in [0.15, 0.2) is 0 Å². The summed E-state index contributed by atoms with van der Waals surface area (Å²) in [5.74, 6) is -0.838. The van der Waals surface area contributed by atoms with E-state index in [-0.39, 0.29) is 11.8 Å². The molecule has 39 heavy (non-hydrogen) atoms. The molecule has 2 N–H and O–H groups in total. The number of pyridine rings is 1. The van der Waals surface area contributed by atoms with Gasteiger partial charge in [0, 0.05) is 48.0 Å². The number of anilines is 3. The summed E-state index contributed by atoms with van der Waals surface area (Å²) < 4.78 is 13.8. The van der Waals surface area contributed by atoms with Crippen LogP contribution in [0.4, 0.5) is 21.5 Å². The number of hydrogen-bond donors (Lipinski definition) is 2. The maximum absolute atomic E-state index is 13.8. The Kier molecular flexibility index (Phi) is 7.47. The Hall–Kier alpha value is -4.82. The molecule has 1 aliphatic heterocycles. The first-order valence-corrected chi connectivity index (χ1v) is 12.6. The van der Waals surface area contributed by atoms with E-state index in [9.17, 15) is 14.0 Å². The molecular weight excluding hydrogens is 493 g/mol. The number of hydrogen-bond acceptors (Lipinski definition) is 5. The highest BCUT2D eigenvalue weighted by atomic mass is 19.1. The van der Waals surface area contributed by atoms with E-state index in [1.165, 1.54) is 12.1 Å². The van der Waals surface area contributed by atoms with Crippen LogP contribution in [-0.2, 0) is 4.79 Å². The molecule has 7 nitrogen and oxygen atoms in total. The molecule has 0 aliphatic carbocycles. The SMILES string of the molecule is CN(C)CCN(C(=O)c1ccncc1)c1ccc(N/C(=C2\C(=O)Nc3cc(F)ccc32)c2ccccc2)cc1. The van der Waals surface area contributed by atoms with Crippen molar-refractivity contribution in [3.05, 3.63) is 120 Å². The number of aromatic nitrogens is 1. The monoisotopic (exact) mass is 521 g/mol. The Balaban J connectivity index is 1.49. The molecule has 0 unspecified atom stereocenters. The molecule has 5 rings (SSSR count). The minimum atomic E-state index is -0.416. The van der Waals surface area contributed by atoms with Gasteiger partial charge in [-0.15, -0.1) is 0 Å². The van der Waals surface area contributed by atoms with E-state index in [2.05, 4.69) is 15.6 Å². The lowest BCUT2D eigenvalue weighted by Gasteiger charge is -2.25. The number of rotatable bonds is 8. The molecule has 1 aliphatic rings. The molecule has 0 fully saturated rings. The molecule has 0 radical (unpaired) electrons. The van der Waals surface area contributed by atoms with Gasteiger partial charge >= 0.3 is 0 Å². The van der Waals surface area contributed by atoms with Crippen molar-refractivity contribution in [1.82, 2.24) is 9.88 Å². The van der Waals surface area contributed by atoms with Crippen molar-refractivity contribution in [3.8, 4) is 0 Å². The largest absolute Gasteiger partial charge is 0.354 e. The van der Waals surface area contributed by atoms with E-state index in [1.54, 1.807) is 35.5 Å². The Bertz CT molecular complexity index is 1520. The zero-order valence-electron chi connectivity index (χ0n) is 21.7. The summed E-state index contributed by atoms with van der Waals surface area (Å²) in [6, 6.07) is 24.7. The van der Waals surface area contributed by atoms with Gasteiger partial charge in [-0.05, 0) is 74.3 Å². The van der Waals surface area contributed by atoms with Gasteiger partial charge in [-0.3, -0.25) is 14.6 Å².